The van der Waals surface area contributed by atoms with E-state index in [2.05, 4.69) is 90.5 Å². The number of rotatable bonds is 35. The Labute approximate surface area is 442 Å². The lowest BCUT2D eigenvalue weighted by Gasteiger charge is -2.38. The average Bonchev–Trinajstić information content (AvgIpc) is 3.67. The summed E-state index contributed by atoms with van der Waals surface area (Å²) in [5, 5.41) is 21.9. The molecule has 72 heavy (non-hydrogen) atoms. The normalized spacial score (nSPS) is 17.1. The van der Waals surface area contributed by atoms with Gasteiger partial charge in [0, 0.05) is 25.7 Å². The summed E-state index contributed by atoms with van der Waals surface area (Å²) in [4.78, 5) is 0. The fourth-order valence-electron chi connectivity index (χ4n) is 8.33. The molecule has 0 bridgehead atoms. The van der Waals surface area contributed by atoms with Crippen molar-refractivity contribution in [3.05, 3.63) is 59.7 Å². The molecule has 410 valence electrons. The summed E-state index contributed by atoms with van der Waals surface area (Å²) in [5.41, 5.74) is 2.12. The van der Waals surface area contributed by atoms with Crippen molar-refractivity contribution in [1.29, 1.82) is 0 Å². The zero-order chi connectivity index (χ0) is 53.1. The molecule has 6 atom stereocenters. The van der Waals surface area contributed by atoms with E-state index in [4.69, 9.17) is 32.8 Å². The van der Waals surface area contributed by atoms with Crippen LogP contribution in [0.5, 0.6) is 11.5 Å². The molecule has 1 aliphatic heterocycles. The van der Waals surface area contributed by atoms with Crippen LogP contribution in [0.1, 0.15) is 214 Å². The Hall–Kier alpha value is -2.90. The van der Waals surface area contributed by atoms with Gasteiger partial charge in [0.15, 0.2) is 14.1 Å². The summed E-state index contributed by atoms with van der Waals surface area (Å²) in [6.07, 6.45) is 23.3. The maximum atomic E-state index is 11.0. The Balaban J connectivity index is 0.000000496. The van der Waals surface area contributed by atoms with Crippen LogP contribution < -0.4 is 9.47 Å². The molecule has 1 heterocycles. The molecule has 0 spiro atoms. The van der Waals surface area contributed by atoms with Gasteiger partial charge in [-0.2, -0.15) is 0 Å². The second-order valence-electron chi connectivity index (χ2n) is 21.8. The van der Waals surface area contributed by atoms with Crippen molar-refractivity contribution in [2.75, 3.05) is 20.8 Å². The number of ether oxygens (including phenoxy) is 6. The third-order valence-electron chi connectivity index (χ3n) is 14.1. The first-order valence-electron chi connectivity index (χ1n) is 28.3. The summed E-state index contributed by atoms with van der Waals surface area (Å²) in [6.45, 7) is 22.8. The fourth-order valence-corrected chi connectivity index (χ4v) is 9.35. The van der Waals surface area contributed by atoms with E-state index in [9.17, 15) is 10.2 Å². The first-order chi connectivity index (χ1) is 34.5. The Kier molecular flexibility index (Phi) is 34.2. The average molecular weight is 1020 g/mol. The number of aliphatic hydroxyl groups is 2. The van der Waals surface area contributed by atoms with Gasteiger partial charge in [0.1, 0.15) is 29.8 Å². The molecule has 0 amide bonds. The SMILES string of the molecule is CCCCCCC#CCCCCCC[C@H](O)[C@@H](O)C(CO[Si](C)(C)C(C)(C)C)OCc1ccc(OC)cc1.CCCCCCC#CCCCCCC[C@H]1OC(C)(C)O[C@H]1[C@@H](CC)OCc1ccc(OC)cc1. The Morgan fingerprint density at radius 2 is 1.06 bits per heavy atom. The lowest BCUT2D eigenvalue weighted by molar-refractivity contribution is -0.160. The van der Waals surface area contributed by atoms with Crippen LogP contribution in [0.25, 0.3) is 0 Å². The first-order valence-corrected chi connectivity index (χ1v) is 31.2. The molecule has 2 N–H and O–H groups in total. The third kappa shape index (κ3) is 28.1. The van der Waals surface area contributed by atoms with Crippen LogP contribution in [0, 0.1) is 23.7 Å². The van der Waals surface area contributed by atoms with Crippen LogP contribution >= 0.6 is 0 Å². The lowest BCUT2D eigenvalue weighted by atomic mass is 9.99. The van der Waals surface area contributed by atoms with Gasteiger partial charge in [-0.15, -0.1) is 23.7 Å². The van der Waals surface area contributed by atoms with Crippen molar-refractivity contribution in [2.24, 2.45) is 0 Å². The smallest absolute Gasteiger partial charge is 0.192 e. The first kappa shape index (κ1) is 65.2. The van der Waals surface area contributed by atoms with Crippen LogP contribution in [0.2, 0.25) is 18.1 Å². The predicted octanol–water partition coefficient (Wildman–Crippen LogP) is 15.5. The highest BCUT2D eigenvalue weighted by Gasteiger charge is 2.45. The number of benzene rings is 2. The maximum absolute atomic E-state index is 11.0. The van der Waals surface area contributed by atoms with Gasteiger partial charge in [-0.1, -0.05) is 143 Å². The Bertz CT molecular complexity index is 1770. The molecule has 0 aromatic heterocycles. The van der Waals surface area contributed by atoms with Gasteiger partial charge in [0.2, 0.25) is 0 Å². The molecule has 1 aliphatic rings. The van der Waals surface area contributed by atoms with Gasteiger partial charge in [0.05, 0.1) is 52.4 Å². The second-order valence-corrected chi connectivity index (χ2v) is 26.6. The van der Waals surface area contributed by atoms with Gasteiger partial charge in [0.25, 0.3) is 0 Å². The van der Waals surface area contributed by atoms with Crippen molar-refractivity contribution in [2.45, 2.75) is 277 Å². The summed E-state index contributed by atoms with van der Waals surface area (Å²) in [6, 6.07) is 15.7. The van der Waals surface area contributed by atoms with Gasteiger partial charge < -0.3 is 43.1 Å². The highest BCUT2D eigenvalue weighted by molar-refractivity contribution is 6.74. The molecule has 0 radical (unpaired) electrons. The standard InChI is InChI=1S/C32H56O5Si.C30H48O4/c1-8-9-10-11-12-13-14-15-16-17-18-19-20-29(33)31(34)30(26-37-38(6,7)32(2,3)4)36-25-27-21-23-28(35-5)24-22-27;1-6-8-9-10-11-12-13-14-15-16-17-18-19-28-29(34-30(3,4)33-28)27(7-2)32-24-25-20-22-26(31-5)23-21-25/h21-24,29-31,33-34H,8-12,15-20,25-26H2,1-7H3;20-23,27-29H,6-11,14-19,24H2,1-5H3/t29-,30?,31+;27-,28-,29+/m01/s1. The van der Waals surface area contributed by atoms with E-state index in [-0.39, 0.29) is 30.0 Å². The highest BCUT2D eigenvalue weighted by atomic mass is 28.4. The minimum atomic E-state index is -2.03. The quantitative estimate of drug-likeness (QED) is 0.0397. The Morgan fingerprint density at radius 3 is 1.50 bits per heavy atom. The minimum Gasteiger partial charge on any atom is -0.497 e. The van der Waals surface area contributed by atoms with Crippen molar-refractivity contribution in [1.82, 2.24) is 0 Å². The van der Waals surface area contributed by atoms with Crippen molar-refractivity contribution in [3.8, 4) is 35.2 Å². The summed E-state index contributed by atoms with van der Waals surface area (Å²) in [5.74, 6) is 14.4. The Morgan fingerprint density at radius 1 is 0.611 bits per heavy atom. The number of hydrogen-bond donors (Lipinski definition) is 2. The highest BCUT2D eigenvalue weighted by Crippen LogP contribution is 2.37. The fraction of sp³-hybridized carbons (Fsp3) is 0.742. The molecule has 10 heteroatoms. The van der Waals surface area contributed by atoms with Gasteiger partial charge in [-0.25, -0.2) is 0 Å². The van der Waals surface area contributed by atoms with E-state index in [0.717, 1.165) is 93.3 Å². The van der Waals surface area contributed by atoms with E-state index in [1.165, 1.54) is 70.6 Å². The summed E-state index contributed by atoms with van der Waals surface area (Å²) >= 11 is 0. The van der Waals surface area contributed by atoms with Gasteiger partial charge in [-0.3, -0.25) is 0 Å². The monoisotopic (exact) mass is 1020 g/mol. The molecule has 1 fully saturated rings. The van der Waals surface area contributed by atoms with Crippen LogP contribution in [-0.4, -0.2) is 81.8 Å². The molecule has 2 aromatic carbocycles. The van der Waals surface area contributed by atoms with Gasteiger partial charge in [-0.05, 0) is 112 Å². The van der Waals surface area contributed by atoms with E-state index >= 15 is 0 Å². The molecule has 0 saturated carbocycles. The zero-order valence-corrected chi connectivity index (χ0v) is 48.7. The topological polar surface area (TPSA) is 105 Å². The number of hydrogen-bond acceptors (Lipinski definition) is 9. The summed E-state index contributed by atoms with van der Waals surface area (Å²) in [7, 11) is 1.30. The maximum Gasteiger partial charge on any atom is 0.192 e. The number of aliphatic hydroxyl groups excluding tert-OH is 2. The molecule has 1 unspecified atom stereocenters. The van der Waals surface area contributed by atoms with Crippen molar-refractivity contribution in [3.63, 3.8) is 0 Å². The van der Waals surface area contributed by atoms with E-state index in [1.807, 2.05) is 50.2 Å². The summed E-state index contributed by atoms with van der Waals surface area (Å²) < 4.78 is 41.9. The van der Waals surface area contributed by atoms with E-state index in [1.54, 1.807) is 14.2 Å². The minimum absolute atomic E-state index is 0.0153. The molecule has 3 rings (SSSR count). The molecule has 9 nitrogen and oxygen atoms in total. The number of unbranched alkanes of at least 4 members (excludes halogenated alkanes) is 16. The predicted molar refractivity (Wildman–Crippen MR) is 301 cm³/mol. The third-order valence-corrected chi connectivity index (χ3v) is 18.6. The lowest BCUT2D eigenvalue weighted by Crippen LogP contribution is -2.47. The van der Waals surface area contributed by atoms with Crippen LogP contribution in [-0.2, 0) is 36.6 Å². The van der Waals surface area contributed by atoms with Crippen LogP contribution in [0.3, 0.4) is 0 Å². The largest absolute Gasteiger partial charge is 0.497 e. The van der Waals surface area contributed by atoms with E-state index in [0.29, 0.717) is 19.6 Å². The molecule has 1 saturated heterocycles. The number of methoxy groups -OCH3 is 2. The van der Waals surface area contributed by atoms with Crippen LogP contribution in [0.4, 0.5) is 0 Å². The molecular formula is C62H104O9Si. The second kappa shape index (κ2) is 37.8. The molecular weight excluding hydrogens is 917 g/mol. The van der Waals surface area contributed by atoms with Crippen LogP contribution in [0.15, 0.2) is 48.5 Å². The van der Waals surface area contributed by atoms with Crippen molar-refractivity contribution < 1.29 is 43.1 Å². The zero-order valence-electron chi connectivity index (χ0n) is 47.7. The van der Waals surface area contributed by atoms with E-state index < -0.39 is 32.4 Å². The molecule has 0 aliphatic carbocycles. The van der Waals surface area contributed by atoms with Gasteiger partial charge >= 0.3 is 0 Å². The van der Waals surface area contributed by atoms with Crippen molar-refractivity contribution >= 4 is 8.32 Å². The molecule has 2 aromatic rings.